The van der Waals surface area contributed by atoms with E-state index in [0.29, 0.717) is 24.6 Å². The number of nitro benzene ring substituents is 1. The lowest BCUT2D eigenvalue weighted by atomic mass is 10.2. The first-order valence-corrected chi connectivity index (χ1v) is 5.23. The molecule has 0 spiro atoms. The molecule has 0 saturated heterocycles. The summed E-state index contributed by atoms with van der Waals surface area (Å²) in [5, 5.41) is 13.7. The van der Waals surface area contributed by atoms with Crippen molar-refractivity contribution in [1.29, 1.82) is 0 Å². The Hall–Kier alpha value is -2.22. The molecule has 90 valence electrons. The van der Waals surface area contributed by atoms with E-state index in [9.17, 15) is 10.1 Å². The molecule has 0 fully saturated rings. The summed E-state index contributed by atoms with van der Waals surface area (Å²) in [6.45, 7) is 4.48. The molecule has 0 aliphatic rings. The highest BCUT2D eigenvalue weighted by Gasteiger charge is 2.09. The van der Waals surface area contributed by atoms with Gasteiger partial charge in [0.2, 0.25) is 0 Å². The number of nitro groups is 1. The Balaban J connectivity index is 2.93. The molecule has 1 aromatic rings. The fourth-order valence-electron chi connectivity index (χ4n) is 1.28. The Morgan fingerprint density at radius 3 is 2.82 bits per heavy atom. The van der Waals surface area contributed by atoms with Crippen molar-refractivity contribution in [3.05, 3.63) is 28.3 Å². The van der Waals surface area contributed by atoms with Crippen molar-refractivity contribution >= 4 is 11.4 Å². The predicted octanol–water partition coefficient (Wildman–Crippen LogP) is 2.43. The molecule has 5 nitrogen and oxygen atoms in total. The summed E-state index contributed by atoms with van der Waals surface area (Å²) in [5.41, 5.74) is 0.633. The van der Waals surface area contributed by atoms with E-state index in [2.05, 4.69) is 17.2 Å². The fraction of sp³-hybridized carbons (Fsp3) is 0.333. The molecule has 0 aliphatic carbocycles. The zero-order valence-electron chi connectivity index (χ0n) is 9.82. The molecule has 0 aliphatic heterocycles. The second-order valence-electron chi connectivity index (χ2n) is 3.19. The predicted molar refractivity (Wildman–Crippen MR) is 66.2 cm³/mol. The van der Waals surface area contributed by atoms with Crippen molar-refractivity contribution in [1.82, 2.24) is 0 Å². The third kappa shape index (κ3) is 4.03. The summed E-state index contributed by atoms with van der Waals surface area (Å²) in [5.74, 6) is 6.04. The second kappa shape index (κ2) is 6.38. The van der Waals surface area contributed by atoms with E-state index < -0.39 is 4.92 Å². The largest absolute Gasteiger partial charge is 0.494 e. The lowest BCUT2D eigenvalue weighted by Gasteiger charge is -2.07. The summed E-state index contributed by atoms with van der Waals surface area (Å²) in [7, 11) is 0. The molecule has 0 radical (unpaired) electrons. The van der Waals surface area contributed by atoms with E-state index in [1.807, 2.05) is 6.92 Å². The standard InChI is InChI=1S/C12H14N2O3/c1-3-5-6-13-10-7-11(14(15)16)9-12(8-10)17-4-2/h7-9,13H,4,6H2,1-2H3. The Bertz CT molecular complexity index is 461. The van der Waals surface area contributed by atoms with Crippen LogP contribution in [0.25, 0.3) is 0 Å². The number of non-ortho nitro benzene ring substituents is 1. The average Bonchev–Trinajstić information content (AvgIpc) is 2.29. The molecule has 0 saturated carbocycles. The first kappa shape index (κ1) is 12.8. The topological polar surface area (TPSA) is 64.4 Å². The highest BCUT2D eigenvalue weighted by atomic mass is 16.6. The van der Waals surface area contributed by atoms with Crippen molar-refractivity contribution in [3.8, 4) is 17.6 Å². The molecule has 0 bridgehead atoms. The van der Waals surface area contributed by atoms with Crippen LogP contribution < -0.4 is 10.1 Å². The summed E-state index contributed by atoms with van der Waals surface area (Å²) in [6.07, 6.45) is 0. The van der Waals surface area contributed by atoms with Crippen molar-refractivity contribution in [2.45, 2.75) is 13.8 Å². The van der Waals surface area contributed by atoms with Gasteiger partial charge in [0.25, 0.3) is 5.69 Å². The van der Waals surface area contributed by atoms with E-state index in [1.165, 1.54) is 12.1 Å². The van der Waals surface area contributed by atoms with Gasteiger partial charge in [-0.2, -0.15) is 0 Å². The molecule has 1 N–H and O–H groups in total. The van der Waals surface area contributed by atoms with Gasteiger partial charge in [-0.05, 0) is 13.8 Å². The summed E-state index contributed by atoms with van der Waals surface area (Å²) < 4.78 is 5.26. The van der Waals surface area contributed by atoms with Crippen LogP contribution in [0, 0.1) is 22.0 Å². The van der Waals surface area contributed by atoms with Crippen LogP contribution in [-0.4, -0.2) is 18.1 Å². The van der Waals surface area contributed by atoms with E-state index in [0.717, 1.165) is 0 Å². The van der Waals surface area contributed by atoms with Crippen LogP contribution in [-0.2, 0) is 0 Å². The molecule has 5 heteroatoms. The van der Waals surface area contributed by atoms with Gasteiger partial charge in [-0.3, -0.25) is 10.1 Å². The molecule has 1 rings (SSSR count). The Morgan fingerprint density at radius 1 is 1.47 bits per heavy atom. The van der Waals surface area contributed by atoms with E-state index in [-0.39, 0.29) is 5.69 Å². The van der Waals surface area contributed by atoms with Crippen LogP contribution in [0.15, 0.2) is 18.2 Å². The number of hydrogen-bond acceptors (Lipinski definition) is 4. The number of nitrogens with one attached hydrogen (secondary N) is 1. The highest BCUT2D eigenvalue weighted by molar-refractivity contribution is 5.56. The van der Waals surface area contributed by atoms with Gasteiger partial charge in [0.15, 0.2) is 0 Å². The Kier molecular flexibility index (Phi) is 4.82. The molecule has 0 unspecified atom stereocenters. The number of benzene rings is 1. The molecular weight excluding hydrogens is 220 g/mol. The smallest absolute Gasteiger partial charge is 0.275 e. The fourth-order valence-corrected chi connectivity index (χ4v) is 1.28. The van der Waals surface area contributed by atoms with Crippen LogP contribution >= 0.6 is 0 Å². The minimum atomic E-state index is -0.445. The van der Waals surface area contributed by atoms with Gasteiger partial charge < -0.3 is 10.1 Å². The van der Waals surface area contributed by atoms with Gasteiger partial charge in [0.1, 0.15) is 5.75 Å². The van der Waals surface area contributed by atoms with Crippen molar-refractivity contribution < 1.29 is 9.66 Å². The summed E-state index contributed by atoms with van der Waals surface area (Å²) in [6, 6.07) is 4.58. The normalized spacial score (nSPS) is 9.06. The number of hydrogen-bond donors (Lipinski definition) is 1. The summed E-state index contributed by atoms with van der Waals surface area (Å²) >= 11 is 0. The molecule has 1 aromatic carbocycles. The van der Waals surface area contributed by atoms with E-state index in [4.69, 9.17) is 4.74 Å². The van der Waals surface area contributed by atoms with Gasteiger partial charge in [-0.25, -0.2) is 0 Å². The zero-order chi connectivity index (χ0) is 12.7. The molecule has 0 atom stereocenters. The van der Waals surface area contributed by atoms with Gasteiger partial charge in [-0.15, -0.1) is 5.92 Å². The molecule has 17 heavy (non-hydrogen) atoms. The van der Waals surface area contributed by atoms with Gasteiger partial charge in [0, 0.05) is 17.8 Å². The monoisotopic (exact) mass is 234 g/mol. The maximum Gasteiger partial charge on any atom is 0.275 e. The van der Waals surface area contributed by atoms with Crippen LogP contribution in [0.3, 0.4) is 0 Å². The molecule has 0 aromatic heterocycles. The SMILES string of the molecule is CC#CCNc1cc(OCC)cc([N+](=O)[O-])c1. The zero-order valence-corrected chi connectivity index (χ0v) is 9.82. The van der Waals surface area contributed by atoms with Crippen LogP contribution in [0.5, 0.6) is 5.75 Å². The Labute approximate surface area is 99.9 Å². The third-order valence-electron chi connectivity index (χ3n) is 1.97. The highest BCUT2D eigenvalue weighted by Crippen LogP contribution is 2.25. The lowest BCUT2D eigenvalue weighted by Crippen LogP contribution is -2.01. The minimum absolute atomic E-state index is 0.00269. The number of rotatable bonds is 5. The first-order chi connectivity index (χ1) is 8.17. The molecule has 0 heterocycles. The van der Waals surface area contributed by atoms with Crippen molar-refractivity contribution in [3.63, 3.8) is 0 Å². The van der Waals surface area contributed by atoms with Gasteiger partial charge in [-0.1, -0.05) is 5.92 Å². The maximum atomic E-state index is 10.7. The quantitative estimate of drug-likeness (QED) is 0.482. The second-order valence-corrected chi connectivity index (χ2v) is 3.19. The average molecular weight is 234 g/mol. The lowest BCUT2D eigenvalue weighted by molar-refractivity contribution is -0.384. The number of ether oxygens (including phenoxy) is 1. The number of nitrogens with zero attached hydrogens (tertiary/aromatic N) is 1. The van der Waals surface area contributed by atoms with Crippen LogP contribution in [0.1, 0.15) is 13.8 Å². The minimum Gasteiger partial charge on any atom is -0.494 e. The Morgan fingerprint density at radius 2 is 2.24 bits per heavy atom. The van der Waals surface area contributed by atoms with Crippen molar-refractivity contribution in [2.24, 2.45) is 0 Å². The maximum absolute atomic E-state index is 10.7. The van der Waals surface area contributed by atoms with E-state index >= 15 is 0 Å². The van der Waals surface area contributed by atoms with Crippen LogP contribution in [0.4, 0.5) is 11.4 Å². The number of anilines is 1. The summed E-state index contributed by atoms with van der Waals surface area (Å²) in [4.78, 5) is 10.3. The van der Waals surface area contributed by atoms with Crippen LogP contribution in [0.2, 0.25) is 0 Å². The molecule has 0 amide bonds. The van der Waals surface area contributed by atoms with E-state index in [1.54, 1.807) is 13.0 Å². The third-order valence-corrected chi connectivity index (χ3v) is 1.97. The van der Waals surface area contributed by atoms with Gasteiger partial charge in [0.05, 0.1) is 24.1 Å². The van der Waals surface area contributed by atoms with Gasteiger partial charge >= 0.3 is 0 Å². The molecular formula is C12H14N2O3. The first-order valence-electron chi connectivity index (χ1n) is 5.23. The van der Waals surface area contributed by atoms with Crippen molar-refractivity contribution in [2.75, 3.05) is 18.5 Å².